The Morgan fingerprint density at radius 3 is 2.48 bits per heavy atom. The Hall–Kier alpha value is -3.78. The second-order valence-corrected chi connectivity index (χ2v) is 12.4. The largest absolute Gasteiger partial charge is 0.438 e. The maximum Gasteiger partial charge on any atom is 0.230 e. The third-order valence-electron chi connectivity index (χ3n) is 7.25. The molecule has 1 N–H and O–H groups in total. The average molecular weight is 560 g/mol. The van der Waals surface area contributed by atoms with Gasteiger partial charge in [0.2, 0.25) is 11.8 Å². The topological polar surface area (TPSA) is 117 Å². The zero-order chi connectivity index (χ0) is 28.3. The summed E-state index contributed by atoms with van der Waals surface area (Å²) in [6, 6.07) is 13.4. The van der Waals surface area contributed by atoms with Crippen LogP contribution in [0.5, 0.6) is 11.6 Å². The monoisotopic (exact) mass is 559 g/mol. The van der Waals surface area contributed by atoms with Crippen molar-refractivity contribution in [1.29, 1.82) is 5.26 Å². The summed E-state index contributed by atoms with van der Waals surface area (Å²) in [5, 5.41) is 12.4. The van der Waals surface area contributed by atoms with Crippen molar-refractivity contribution in [2.75, 3.05) is 24.7 Å². The highest BCUT2D eigenvalue weighted by Crippen LogP contribution is 2.35. The molecule has 208 valence electrons. The fraction of sp³-hybridized carbons (Fsp3) is 0.367. The number of nitriles is 1. The number of allylic oxidation sites excluding steroid dienone is 1. The molecule has 2 aromatic carbocycles. The normalized spacial score (nSPS) is 16.1. The van der Waals surface area contributed by atoms with E-state index in [1.165, 1.54) is 12.3 Å². The predicted octanol–water partition coefficient (Wildman–Crippen LogP) is 4.93. The van der Waals surface area contributed by atoms with E-state index < -0.39 is 9.84 Å². The number of nitrogens with one attached hydrogen (secondary N) is 1. The van der Waals surface area contributed by atoms with Crippen LogP contribution in [0.25, 0.3) is 6.08 Å². The van der Waals surface area contributed by atoms with Crippen molar-refractivity contribution < 1.29 is 17.9 Å². The number of sulfone groups is 1. The van der Waals surface area contributed by atoms with Gasteiger partial charge in [0, 0.05) is 38.0 Å². The van der Waals surface area contributed by atoms with Crippen LogP contribution in [-0.4, -0.2) is 48.7 Å². The summed E-state index contributed by atoms with van der Waals surface area (Å²) in [5.74, 6) is 1.79. The van der Waals surface area contributed by atoms with Gasteiger partial charge in [0.25, 0.3) is 0 Å². The number of aromatic nitrogens is 2. The first-order chi connectivity index (χ1) is 19.2. The highest BCUT2D eigenvalue weighted by atomic mass is 32.2. The average Bonchev–Trinajstić information content (AvgIpc) is 3.39. The van der Waals surface area contributed by atoms with Crippen molar-refractivity contribution in [3.8, 4) is 17.7 Å². The first-order valence-corrected chi connectivity index (χ1v) is 15.2. The second kappa shape index (κ2) is 11.8. The van der Waals surface area contributed by atoms with Gasteiger partial charge in [-0.1, -0.05) is 12.1 Å². The van der Waals surface area contributed by atoms with E-state index in [1.54, 1.807) is 18.2 Å². The Kier molecular flexibility index (Phi) is 8.17. The fourth-order valence-corrected chi connectivity index (χ4v) is 5.79. The number of anilines is 1. The summed E-state index contributed by atoms with van der Waals surface area (Å²) in [7, 11) is -3.19. The zero-order valence-electron chi connectivity index (χ0n) is 23.0. The lowest BCUT2D eigenvalue weighted by molar-refractivity contribution is 0.132. The van der Waals surface area contributed by atoms with Gasteiger partial charge in [-0.2, -0.15) is 10.2 Å². The number of fused-ring (bicyclic) bond motifs is 1. The molecule has 1 fully saturated rings. The number of piperidine rings is 1. The van der Waals surface area contributed by atoms with Crippen molar-refractivity contribution in [1.82, 2.24) is 14.9 Å². The molecule has 10 heteroatoms. The molecule has 3 aromatic rings. The SMILES string of the molecule is Cc1cc(/C=C/C#N)cc(C)c1Oc1nc(NC2CCN(Cc3ccc(S(C)(=O)=O)cc3)CC2)nc2c1COC2. The molecule has 2 aliphatic rings. The molecule has 0 amide bonds. The van der Waals surface area contributed by atoms with Gasteiger partial charge in [0.1, 0.15) is 5.75 Å². The van der Waals surface area contributed by atoms with Crippen LogP contribution < -0.4 is 10.1 Å². The summed E-state index contributed by atoms with van der Waals surface area (Å²) in [5.41, 5.74) is 5.66. The Labute approximate surface area is 235 Å². The number of likely N-dealkylation sites (tertiary alicyclic amines) is 1. The van der Waals surface area contributed by atoms with E-state index in [0.29, 0.717) is 29.9 Å². The fourth-order valence-electron chi connectivity index (χ4n) is 5.16. The maximum atomic E-state index is 11.7. The van der Waals surface area contributed by atoms with Gasteiger partial charge in [-0.05, 0) is 79.3 Å². The number of rotatable bonds is 8. The Bertz CT molecular complexity index is 1550. The molecule has 0 bridgehead atoms. The van der Waals surface area contributed by atoms with Crippen molar-refractivity contribution >= 4 is 21.9 Å². The van der Waals surface area contributed by atoms with E-state index in [0.717, 1.165) is 71.7 Å². The minimum Gasteiger partial charge on any atom is -0.438 e. The maximum absolute atomic E-state index is 11.7. The molecule has 0 spiro atoms. The molecule has 40 heavy (non-hydrogen) atoms. The third kappa shape index (κ3) is 6.50. The molecule has 5 rings (SSSR count). The van der Waals surface area contributed by atoms with E-state index in [4.69, 9.17) is 24.7 Å². The molecule has 9 nitrogen and oxygen atoms in total. The van der Waals surface area contributed by atoms with Crippen molar-refractivity contribution in [3.63, 3.8) is 0 Å². The summed E-state index contributed by atoms with van der Waals surface area (Å²) in [4.78, 5) is 12.2. The summed E-state index contributed by atoms with van der Waals surface area (Å²) < 4.78 is 35.5. The number of hydrogen-bond acceptors (Lipinski definition) is 9. The number of hydrogen-bond donors (Lipinski definition) is 1. The highest BCUT2D eigenvalue weighted by molar-refractivity contribution is 7.90. The van der Waals surface area contributed by atoms with Crippen LogP contribution >= 0.6 is 0 Å². The van der Waals surface area contributed by atoms with Gasteiger partial charge in [0.05, 0.1) is 35.4 Å². The van der Waals surface area contributed by atoms with Gasteiger partial charge in [-0.3, -0.25) is 4.90 Å². The van der Waals surface area contributed by atoms with Crippen LogP contribution in [0, 0.1) is 25.2 Å². The molecule has 2 aliphatic heterocycles. The number of ether oxygens (including phenoxy) is 2. The molecule has 0 unspecified atom stereocenters. The van der Waals surface area contributed by atoms with E-state index in [2.05, 4.69) is 10.2 Å². The minimum atomic E-state index is -3.19. The Morgan fingerprint density at radius 2 is 1.82 bits per heavy atom. The zero-order valence-corrected chi connectivity index (χ0v) is 23.8. The third-order valence-corrected chi connectivity index (χ3v) is 8.38. The van der Waals surface area contributed by atoms with E-state index in [-0.39, 0.29) is 6.04 Å². The molecule has 0 radical (unpaired) electrons. The molecular formula is C30H33N5O4S. The minimum absolute atomic E-state index is 0.228. The molecule has 3 heterocycles. The van der Waals surface area contributed by atoms with Gasteiger partial charge >= 0.3 is 0 Å². The van der Waals surface area contributed by atoms with Crippen LogP contribution in [0.3, 0.4) is 0 Å². The lowest BCUT2D eigenvalue weighted by Crippen LogP contribution is -2.39. The summed E-state index contributed by atoms with van der Waals surface area (Å²) in [6.45, 7) is 7.41. The number of nitrogens with zero attached hydrogens (tertiary/aromatic N) is 4. The van der Waals surface area contributed by atoms with Crippen LogP contribution in [0.15, 0.2) is 47.4 Å². The van der Waals surface area contributed by atoms with Crippen LogP contribution in [0.1, 0.15) is 46.4 Å². The van der Waals surface area contributed by atoms with Crippen molar-refractivity contribution in [3.05, 3.63) is 76.0 Å². The Morgan fingerprint density at radius 1 is 1.12 bits per heavy atom. The van der Waals surface area contributed by atoms with Gasteiger partial charge < -0.3 is 14.8 Å². The Balaban J connectivity index is 1.24. The molecule has 0 aliphatic carbocycles. The van der Waals surface area contributed by atoms with Crippen molar-refractivity contribution in [2.45, 2.75) is 57.4 Å². The van der Waals surface area contributed by atoms with Crippen LogP contribution in [0.4, 0.5) is 5.95 Å². The molecular weight excluding hydrogens is 526 g/mol. The summed E-state index contributed by atoms with van der Waals surface area (Å²) in [6.07, 6.45) is 6.34. The van der Waals surface area contributed by atoms with Crippen LogP contribution in [-0.2, 0) is 34.3 Å². The van der Waals surface area contributed by atoms with Crippen molar-refractivity contribution in [2.24, 2.45) is 0 Å². The number of aryl methyl sites for hydroxylation is 2. The van der Waals surface area contributed by atoms with E-state index >= 15 is 0 Å². The first-order valence-electron chi connectivity index (χ1n) is 13.3. The molecule has 0 saturated carbocycles. The van der Waals surface area contributed by atoms with Gasteiger partial charge in [0.15, 0.2) is 9.84 Å². The first kappa shape index (κ1) is 27.8. The van der Waals surface area contributed by atoms with Gasteiger partial charge in [-0.15, -0.1) is 0 Å². The number of benzene rings is 2. The van der Waals surface area contributed by atoms with E-state index in [9.17, 15) is 8.42 Å². The molecule has 0 atom stereocenters. The molecule has 1 aromatic heterocycles. The predicted molar refractivity (Wildman–Crippen MR) is 153 cm³/mol. The lowest BCUT2D eigenvalue weighted by Gasteiger charge is -2.32. The quantitative estimate of drug-likeness (QED) is 0.383. The molecule has 1 saturated heterocycles. The van der Waals surface area contributed by atoms with Gasteiger partial charge in [-0.25, -0.2) is 13.4 Å². The summed E-state index contributed by atoms with van der Waals surface area (Å²) >= 11 is 0. The van der Waals surface area contributed by atoms with Crippen LogP contribution in [0.2, 0.25) is 0 Å². The lowest BCUT2D eigenvalue weighted by atomic mass is 10.0. The standard InChI is InChI=1S/C30H33N5O4S/c1-20-15-23(5-4-12-31)16-21(2)28(20)39-29-26-18-38-19-27(26)33-30(34-29)32-24-10-13-35(14-11-24)17-22-6-8-25(9-7-22)40(3,36)37/h4-9,15-16,24H,10-11,13-14,17-19H2,1-3H3,(H,32,33,34)/b5-4+. The smallest absolute Gasteiger partial charge is 0.230 e. The second-order valence-electron chi connectivity index (χ2n) is 10.4. The van der Waals surface area contributed by atoms with E-state index in [1.807, 2.05) is 44.2 Å². The highest BCUT2D eigenvalue weighted by Gasteiger charge is 2.25.